The van der Waals surface area contributed by atoms with Gasteiger partial charge in [0.2, 0.25) is 0 Å². The molecule has 0 amide bonds. The molecule has 0 spiro atoms. The molecule has 5 unspecified atom stereocenters. The van der Waals surface area contributed by atoms with Gasteiger partial charge in [0.1, 0.15) is 11.9 Å². The second kappa shape index (κ2) is 10.8. The maximum Gasteiger partial charge on any atom is 0.135 e. The fraction of sp³-hybridized carbons (Fsp3) is 0.733. The number of halogens is 2. The zero-order valence-electron chi connectivity index (χ0n) is 22.7. The minimum absolute atomic E-state index is 0.0151. The number of allylic oxidation sites excluding steroid dienone is 1. The van der Waals surface area contributed by atoms with Gasteiger partial charge in [-0.3, -0.25) is 0 Å². The molecule has 3 aliphatic carbocycles. The van der Waals surface area contributed by atoms with Gasteiger partial charge < -0.3 is 4.18 Å². The molecule has 194 valence electrons. The quantitative estimate of drug-likeness (QED) is 0.217. The van der Waals surface area contributed by atoms with Gasteiger partial charge in [0.15, 0.2) is 0 Å². The molecule has 0 radical (unpaired) electrons. The summed E-state index contributed by atoms with van der Waals surface area (Å²) in [5, 5.41) is 0. The van der Waals surface area contributed by atoms with Crippen molar-refractivity contribution in [3.63, 3.8) is 0 Å². The summed E-state index contributed by atoms with van der Waals surface area (Å²) in [5.41, 5.74) is 3.87. The standard InChI is InChI=1S/C25H37FOS.C5H11Cl/c1-16-8-13-21-20-11-9-17-14-18(27-28(6,7)24(2,3)4)10-12-19(17)23(20)22(26)15-25(16,21)5;1-2-3-4-5-6/h10,12,14,20-23H,1,8-9,11,13,15H2,2-7H3;2-5H2,1H3. The minimum atomic E-state index is -1.22. The van der Waals surface area contributed by atoms with Crippen LogP contribution in [0, 0.1) is 17.3 Å². The Hall–Kier alpha value is -0.670. The molecule has 1 aromatic rings. The van der Waals surface area contributed by atoms with E-state index in [0.29, 0.717) is 18.3 Å². The van der Waals surface area contributed by atoms with Crippen molar-refractivity contribution in [2.75, 3.05) is 18.4 Å². The lowest BCUT2D eigenvalue weighted by Gasteiger charge is -2.51. The van der Waals surface area contributed by atoms with Gasteiger partial charge in [-0.1, -0.05) is 55.2 Å². The molecule has 0 N–H and O–H groups in total. The SMILES string of the molecule is C=C1CCC2C3CCc4cc(OS(C)(C)C(C)(C)C)ccc4C3C(F)CC12C.CCCCCCl. The summed E-state index contributed by atoms with van der Waals surface area (Å²) in [4.78, 5) is 0. The van der Waals surface area contributed by atoms with Crippen LogP contribution in [-0.4, -0.2) is 29.3 Å². The molecular formula is C30H48ClFOS. The second-order valence-corrected chi connectivity index (χ2v) is 16.5. The molecule has 2 saturated carbocycles. The number of benzene rings is 1. The molecule has 34 heavy (non-hydrogen) atoms. The van der Waals surface area contributed by atoms with Crippen LogP contribution in [0.1, 0.15) is 96.6 Å². The van der Waals surface area contributed by atoms with Crippen LogP contribution in [0.5, 0.6) is 5.75 Å². The molecule has 0 bridgehead atoms. The Morgan fingerprint density at radius 2 is 1.88 bits per heavy atom. The predicted molar refractivity (Wildman–Crippen MR) is 151 cm³/mol. The van der Waals surface area contributed by atoms with E-state index >= 15 is 4.39 Å². The number of rotatable bonds is 5. The maximum atomic E-state index is 15.5. The molecule has 5 atom stereocenters. The van der Waals surface area contributed by atoms with Gasteiger partial charge in [-0.25, -0.2) is 4.39 Å². The highest BCUT2D eigenvalue weighted by Crippen LogP contribution is 2.63. The Morgan fingerprint density at radius 1 is 1.18 bits per heavy atom. The lowest BCUT2D eigenvalue weighted by molar-refractivity contribution is 0.0183. The number of unbranched alkanes of at least 4 members (excludes halogenated alkanes) is 2. The van der Waals surface area contributed by atoms with E-state index in [4.69, 9.17) is 15.8 Å². The van der Waals surface area contributed by atoms with E-state index in [1.165, 1.54) is 42.4 Å². The third-order valence-electron chi connectivity index (χ3n) is 9.11. The highest BCUT2D eigenvalue weighted by Gasteiger charge is 2.55. The summed E-state index contributed by atoms with van der Waals surface area (Å²) in [6, 6.07) is 6.48. The van der Waals surface area contributed by atoms with Crippen LogP contribution in [0.2, 0.25) is 0 Å². The Kier molecular flexibility index (Phi) is 8.83. The monoisotopic (exact) mass is 510 g/mol. The molecule has 0 aliphatic heterocycles. The number of fused-ring (bicyclic) bond motifs is 5. The second-order valence-electron chi connectivity index (χ2n) is 12.3. The van der Waals surface area contributed by atoms with Crippen molar-refractivity contribution in [3.05, 3.63) is 41.5 Å². The van der Waals surface area contributed by atoms with Crippen LogP contribution in [0.4, 0.5) is 4.39 Å². The van der Waals surface area contributed by atoms with Crippen LogP contribution < -0.4 is 4.18 Å². The van der Waals surface area contributed by atoms with Crippen molar-refractivity contribution < 1.29 is 8.57 Å². The lowest BCUT2D eigenvalue weighted by atomic mass is 9.54. The Labute approximate surface area is 215 Å². The third kappa shape index (κ3) is 5.51. The molecular weight excluding hydrogens is 463 g/mol. The molecule has 1 aromatic carbocycles. The highest BCUT2D eigenvalue weighted by atomic mass is 35.5. The summed E-state index contributed by atoms with van der Waals surface area (Å²) >= 11 is 5.38. The van der Waals surface area contributed by atoms with E-state index in [0.717, 1.165) is 30.9 Å². The van der Waals surface area contributed by atoms with E-state index in [-0.39, 0.29) is 16.1 Å². The van der Waals surface area contributed by atoms with Crippen LogP contribution >= 0.6 is 21.9 Å². The summed E-state index contributed by atoms with van der Waals surface area (Å²) < 4.78 is 22.1. The van der Waals surface area contributed by atoms with Gasteiger partial charge in [0.25, 0.3) is 0 Å². The largest absolute Gasteiger partial charge is 0.449 e. The zero-order chi connectivity index (χ0) is 25.3. The molecule has 0 heterocycles. The van der Waals surface area contributed by atoms with Crippen molar-refractivity contribution in [1.82, 2.24) is 0 Å². The molecule has 4 heteroatoms. The van der Waals surface area contributed by atoms with Crippen molar-refractivity contribution in [2.45, 2.75) is 103 Å². The Bertz CT molecular complexity index is 856. The Morgan fingerprint density at radius 3 is 2.47 bits per heavy atom. The maximum absolute atomic E-state index is 15.5. The molecule has 2 fully saturated rings. The number of alkyl halides is 2. The average molecular weight is 511 g/mol. The zero-order valence-corrected chi connectivity index (χ0v) is 24.3. The third-order valence-corrected chi connectivity index (χ3v) is 12.9. The summed E-state index contributed by atoms with van der Waals surface area (Å²) in [5.74, 6) is 2.91. The van der Waals surface area contributed by atoms with Crippen molar-refractivity contribution >= 4 is 21.9 Å². The van der Waals surface area contributed by atoms with E-state index in [9.17, 15) is 0 Å². The number of aryl methyl sites for hydroxylation is 1. The topological polar surface area (TPSA) is 9.23 Å². The smallest absolute Gasteiger partial charge is 0.135 e. The molecule has 3 aliphatic rings. The van der Waals surface area contributed by atoms with Gasteiger partial charge in [-0.05, 0) is 112 Å². The predicted octanol–water partition coefficient (Wildman–Crippen LogP) is 9.62. The average Bonchev–Trinajstić information content (AvgIpc) is 3.05. The van der Waals surface area contributed by atoms with Gasteiger partial charge >= 0.3 is 0 Å². The molecule has 0 saturated heterocycles. The first kappa shape index (κ1) is 27.9. The van der Waals surface area contributed by atoms with Crippen LogP contribution in [0.15, 0.2) is 30.4 Å². The van der Waals surface area contributed by atoms with E-state index in [2.05, 4.69) is 71.9 Å². The van der Waals surface area contributed by atoms with E-state index in [1.54, 1.807) is 0 Å². The first-order chi connectivity index (χ1) is 15.9. The summed E-state index contributed by atoms with van der Waals surface area (Å²) in [6.07, 6.45) is 12.5. The fourth-order valence-corrected chi connectivity index (χ4v) is 7.27. The normalized spacial score (nSPS) is 31.0. The van der Waals surface area contributed by atoms with Gasteiger partial charge in [-0.15, -0.1) is 11.6 Å². The molecule has 1 nitrogen and oxygen atoms in total. The van der Waals surface area contributed by atoms with Crippen molar-refractivity contribution in [1.29, 1.82) is 0 Å². The van der Waals surface area contributed by atoms with Gasteiger partial charge in [-0.2, -0.15) is 0 Å². The summed E-state index contributed by atoms with van der Waals surface area (Å²) in [6.45, 7) is 15.5. The van der Waals surface area contributed by atoms with Crippen LogP contribution in [-0.2, 0) is 6.42 Å². The lowest BCUT2D eigenvalue weighted by Crippen LogP contribution is -2.45. The summed E-state index contributed by atoms with van der Waals surface area (Å²) in [7, 11) is -1.22. The van der Waals surface area contributed by atoms with Crippen LogP contribution in [0.25, 0.3) is 0 Å². The molecule has 0 aromatic heterocycles. The number of hydrogen-bond donors (Lipinski definition) is 0. The van der Waals surface area contributed by atoms with Crippen molar-refractivity contribution in [2.24, 2.45) is 17.3 Å². The van der Waals surface area contributed by atoms with Crippen molar-refractivity contribution in [3.8, 4) is 5.75 Å². The van der Waals surface area contributed by atoms with Gasteiger partial charge in [0, 0.05) is 16.5 Å². The highest BCUT2D eigenvalue weighted by molar-refractivity contribution is 8.30. The molecule has 4 rings (SSSR count). The van der Waals surface area contributed by atoms with E-state index < -0.39 is 16.5 Å². The van der Waals surface area contributed by atoms with Gasteiger partial charge in [0.05, 0.1) is 0 Å². The number of hydrogen-bond acceptors (Lipinski definition) is 1. The first-order valence-electron chi connectivity index (χ1n) is 13.3. The van der Waals surface area contributed by atoms with Crippen LogP contribution in [0.3, 0.4) is 0 Å². The first-order valence-corrected chi connectivity index (χ1v) is 16.2. The minimum Gasteiger partial charge on any atom is -0.449 e. The van der Waals surface area contributed by atoms with E-state index in [1.807, 2.05) is 0 Å². The fourth-order valence-electron chi connectivity index (χ4n) is 6.24. The Balaban J connectivity index is 0.000000481.